The minimum Gasteiger partial charge on any atom is -0.358 e. The van der Waals surface area contributed by atoms with Crippen molar-refractivity contribution in [3.05, 3.63) is 22.8 Å². The Hall–Kier alpha value is -0.800. The second kappa shape index (κ2) is 7.51. The van der Waals surface area contributed by atoms with E-state index in [4.69, 9.17) is 11.6 Å². The Labute approximate surface area is 109 Å². The molecule has 0 aliphatic rings. The lowest BCUT2D eigenvalue weighted by molar-refractivity contribution is 0.722. The molecule has 0 aromatic carbocycles. The molecule has 3 nitrogen and oxygen atoms in total. The van der Waals surface area contributed by atoms with Gasteiger partial charge in [-0.05, 0) is 24.6 Å². The number of hydrogen-bond acceptors (Lipinski definition) is 3. The van der Waals surface area contributed by atoms with E-state index in [2.05, 4.69) is 29.0 Å². The monoisotopic (exact) mass is 255 g/mol. The first kappa shape index (κ1) is 14.3. The summed E-state index contributed by atoms with van der Waals surface area (Å²) in [7, 11) is 2.04. The van der Waals surface area contributed by atoms with E-state index in [0.717, 1.165) is 42.5 Å². The SMILES string of the molecule is CCCCN(C)c1ncc(CNCC)cc1Cl. The number of unbranched alkanes of at least 4 members (excludes halogenated alkanes) is 1. The maximum atomic E-state index is 6.25. The first-order chi connectivity index (χ1) is 8.19. The van der Waals surface area contributed by atoms with Crippen molar-refractivity contribution in [3.8, 4) is 0 Å². The standard InChI is InChI=1S/C13H22ClN3/c1-4-6-7-17(3)13-12(14)8-11(10-16-13)9-15-5-2/h8,10,15H,4-7,9H2,1-3H3. The molecule has 0 fully saturated rings. The molecule has 0 aliphatic heterocycles. The van der Waals surface area contributed by atoms with Gasteiger partial charge in [-0.3, -0.25) is 0 Å². The van der Waals surface area contributed by atoms with Crippen molar-refractivity contribution < 1.29 is 0 Å². The normalized spacial score (nSPS) is 10.6. The summed E-state index contributed by atoms with van der Waals surface area (Å²) < 4.78 is 0. The maximum absolute atomic E-state index is 6.25. The Morgan fingerprint density at radius 3 is 2.76 bits per heavy atom. The molecule has 1 aromatic rings. The number of anilines is 1. The molecule has 1 N–H and O–H groups in total. The summed E-state index contributed by atoms with van der Waals surface area (Å²) in [5.41, 5.74) is 1.13. The molecule has 0 aliphatic carbocycles. The van der Waals surface area contributed by atoms with Crippen LogP contribution in [0.5, 0.6) is 0 Å². The number of aromatic nitrogens is 1. The third-order valence-electron chi connectivity index (χ3n) is 2.67. The fourth-order valence-electron chi connectivity index (χ4n) is 1.62. The molecule has 0 saturated heterocycles. The van der Waals surface area contributed by atoms with Crippen molar-refractivity contribution in [3.63, 3.8) is 0 Å². The topological polar surface area (TPSA) is 28.2 Å². The van der Waals surface area contributed by atoms with E-state index in [1.54, 1.807) is 0 Å². The molecule has 1 aromatic heterocycles. The summed E-state index contributed by atoms with van der Waals surface area (Å²) in [4.78, 5) is 6.55. The Balaban J connectivity index is 2.68. The summed E-state index contributed by atoms with van der Waals surface area (Å²) in [5, 5.41) is 4.00. The second-order valence-corrected chi connectivity index (χ2v) is 4.61. The maximum Gasteiger partial charge on any atom is 0.147 e. The molecular weight excluding hydrogens is 234 g/mol. The van der Waals surface area contributed by atoms with Gasteiger partial charge in [-0.25, -0.2) is 4.98 Å². The van der Waals surface area contributed by atoms with E-state index in [9.17, 15) is 0 Å². The summed E-state index contributed by atoms with van der Waals surface area (Å²) in [6.07, 6.45) is 4.24. The Kier molecular flexibility index (Phi) is 6.30. The van der Waals surface area contributed by atoms with Gasteiger partial charge < -0.3 is 10.2 Å². The number of nitrogens with one attached hydrogen (secondary N) is 1. The molecule has 17 heavy (non-hydrogen) atoms. The summed E-state index contributed by atoms with van der Waals surface area (Å²) in [5.74, 6) is 0.875. The van der Waals surface area contributed by atoms with Crippen LogP contribution in [0.1, 0.15) is 32.3 Å². The van der Waals surface area contributed by atoms with Gasteiger partial charge in [0.25, 0.3) is 0 Å². The highest BCUT2D eigenvalue weighted by Crippen LogP contribution is 2.23. The van der Waals surface area contributed by atoms with Gasteiger partial charge in [0.2, 0.25) is 0 Å². The number of nitrogens with zero attached hydrogens (tertiary/aromatic N) is 2. The highest BCUT2D eigenvalue weighted by molar-refractivity contribution is 6.33. The molecule has 4 heteroatoms. The smallest absolute Gasteiger partial charge is 0.147 e. The van der Waals surface area contributed by atoms with Gasteiger partial charge in [0.1, 0.15) is 5.82 Å². The van der Waals surface area contributed by atoms with Crippen LogP contribution < -0.4 is 10.2 Å². The van der Waals surface area contributed by atoms with Crippen molar-refractivity contribution in [2.45, 2.75) is 33.2 Å². The van der Waals surface area contributed by atoms with Gasteiger partial charge in [-0.15, -0.1) is 0 Å². The lowest BCUT2D eigenvalue weighted by atomic mass is 10.2. The molecular formula is C13H22ClN3. The van der Waals surface area contributed by atoms with E-state index in [1.165, 1.54) is 6.42 Å². The van der Waals surface area contributed by atoms with E-state index in [-0.39, 0.29) is 0 Å². The lowest BCUT2D eigenvalue weighted by Crippen LogP contribution is -2.20. The van der Waals surface area contributed by atoms with Gasteiger partial charge in [-0.1, -0.05) is 31.9 Å². The van der Waals surface area contributed by atoms with Gasteiger partial charge in [0, 0.05) is 26.3 Å². The van der Waals surface area contributed by atoms with E-state index in [1.807, 2.05) is 19.3 Å². The van der Waals surface area contributed by atoms with Crippen LogP contribution in [-0.4, -0.2) is 25.1 Å². The lowest BCUT2D eigenvalue weighted by Gasteiger charge is -2.19. The zero-order chi connectivity index (χ0) is 12.7. The zero-order valence-electron chi connectivity index (χ0n) is 11.0. The van der Waals surface area contributed by atoms with Crippen molar-refractivity contribution in [1.29, 1.82) is 0 Å². The summed E-state index contributed by atoms with van der Waals surface area (Å²) in [6.45, 7) is 7.04. The van der Waals surface area contributed by atoms with Crippen LogP contribution in [0.4, 0.5) is 5.82 Å². The first-order valence-corrected chi connectivity index (χ1v) is 6.63. The molecule has 0 atom stereocenters. The molecule has 0 spiro atoms. The fourth-order valence-corrected chi connectivity index (χ4v) is 1.95. The van der Waals surface area contributed by atoms with E-state index < -0.39 is 0 Å². The van der Waals surface area contributed by atoms with Crippen LogP contribution >= 0.6 is 11.6 Å². The van der Waals surface area contributed by atoms with Crippen molar-refractivity contribution >= 4 is 17.4 Å². The third-order valence-corrected chi connectivity index (χ3v) is 2.94. The van der Waals surface area contributed by atoms with Crippen molar-refractivity contribution in [2.24, 2.45) is 0 Å². The van der Waals surface area contributed by atoms with Crippen molar-refractivity contribution in [1.82, 2.24) is 10.3 Å². The number of rotatable bonds is 7. The van der Waals surface area contributed by atoms with Crippen LogP contribution in [-0.2, 0) is 6.54 Å². The third kappa shape index (κ3) is 4.52. The molecule has 1 heterocycles. The van der Waals surface area contributed by atoms with Crippen molar-refractivity contribution in [2.75, 3.05) is 25.0 Å². The molecule has 0 amide bonds. The van der Waals surface area contributed by atoms with Gasteiger partial charge in [0.15, 0.2) is 0 Å². The van der Waals surface area contributed by atoms with Crippen LogP contribution in [0.3, 0.4) is 0 Å². The highest BCUT2D eigenvalue weighted by Gasteiger charge is 2.08. The van der Waals surface area contributed by atoms with E-state index in [0.29, 0.717) is 0 Å². The average Bonchev–Trinajstić information content (AvgIpc) is 2.33. The largest absolute Gasteiger partial charge is 0.358 e. The highest BCUT2D eigenvalue weighted by atomic mass is 35.5. The second-order valence-electron chi connectivity index (χ2n) is 4.20. The zero-order valence-corrected chi connectivity index (χ0v) is 11.7. The summed E-state index contributed by atoms with van der Waals surface area (Å²) in [6, 6.07) is 2.00. The molecule has 1 rings (SSSR count). The Bertz CT molecular complexity index is 341. The van der Waals surface area contributed by atoms with Gasteiger partial charge >= 0.3 is 0 Å². The summed E-state index contributed by atoms with van der Waals surface area (Å²) >= 11 is 6.25. The first-order valence-electron chi connectivity index (χ1n) is 6.25. The van der Waals surface area contributed by atoms with Crippen LogP contribution in [0, 0.1) is 0 Å². The Morgan fingerprint density at radius 1 is 1.41 bits per heavy atom. The van der Waals surface area contributed by atoms with Gasteiger partial charge in [-0.2, -0.15) is 0 Å². The predicted octanol–water partition coefficient (Wildman–Crippen LogP) is 3.08. The Morgan fingerprint density at radius 2 is 2.18 bits per heavy atom. The molecule has 0 saturated carbocycles. The predicted molar refractivity (Wildman–Crippen MR) is 74.8 cm³/mol. The minimum absolute atomic E-state index is 0.735. The fraction of sp³-hybridized carbons (Fsp3) is 0.615. The number of pyridine rings is 1. The minimum atomic E-state index is 0.735. The molecule has 0 unspecified atom stereocenters. The number of halogens is 1. The van der Waals surface area contributed by atoms with Crippen LogP contribution in [0.2, 0.25) is 5.02 Å². The van der Waals surface area contributed by atoms with Crippen LogP contribution in [0.15, 0.2) is 12.3 Å². The molecule has 96 valence electrons. The average molecular weight is 256 g/mol. The quantitative estimate of drug-likeness (QED) is 0.812. The molecule has 0 radical (unpaired) electrons. The van der Waals surface area contributed by atoms with Crippen LogP contribution in [0.25, 0.3) is 0 Å². The number of hydrogen-bond donors (Lipinski definition) is 1. The van der Waals surface area contributed by atoms with Gasteiger partial charge in [0.05, 0.1) is 5.02 Å². The molecule has 0 bridgehead atoms. The van der Waals surface area contributed by atoms with E-state index >= 15 is 0 Å².